The van der Waals surface area contributed by atoms with Crippen LogP contribution in [0.5, 0.6) is 0 Å². The number of hydrogen-bond donors (Lipinski definition) is 2. The number of nitrogens with one attached hydrogen (secondary N) is 2. The maximum Gasteiger partial charge on any atom is 0.252 e. The normalized spacial score (nSPS) is 17.1. The van der Waals surface area contributed by atoms with Crippen LogP contribution in [0, 0.1) is 0 Å². The first-order valence-electron chi connectivity index (χ1n) is 6.94. The molecule has 2 aromatic rings. The number of benzene rings is 1. The van der Waals surface area contributed by atoms with E-state index in [0.29, 0.717) is 12.1 Å². The molecule has 0 saturated carbocycles. The average molecular weight is 346 g/mol. The van der Waals surface area contributed by atoms with Crippen molar-refractivity contribution in [3.05, 3.63) is 63.9 Å². The van der Waals surface area contributed by atoms with E-state index in [2.05, 4.69) is 49.7 Å². The predicted molar refractivity (Wildman–Crippen MR) is 85.2 cm³/mol. The molecule has 1 amide bonds. The third-order valence-electron chi connectivity index (χ3n) is 3.65. The highest BCUT2D eigenvalue weighted by Gasteiger charge is 2.19. The van der Waals surface area contributed by atoms with Gasteiger partial charge >= 0.3 is 0 Å². The molecule has 4 nitrogen and oxygen atoms in total. The number of nitrogens with zero attached hydrogens (tertiary/aromatic N) is 1. The lowest BCUT2D eigenvalue weighted by molar-refractivity contribution is 0.0948. The number of hydrogen-bond acceptors (Lipinski definition) is 3. The molecule has 0 spiro atoms. The largest absolute Gasteiger partial charge is 0.350 e. The van der Waals surface area contributed by atoms with Gasteiger partial charge in [0.1, 0.15) is 0 Å². The molecule has 108 valence electrons. The number of rotatable bonds is 3. The highest BCUT2D eigenvalue weighted by molar-refractivity contribution is 9.10. The second-order valence-corrected chi connectivity index (χ2v) is 5.97. The van der Waals surface area contributed by atoms with Crippen molar-refractivity contribution >= 4 is 21.8 Å². The lowest BCUT2D eigenvalue weighted by Crippen LogP contribution is -2.38. The van der Waals surface area contributed by atoms with E-state index in [4.69, 9.17) is 0 Å². The van der Waals surface area contributed by atoms with Gasteiger partial charge in [-0.25, -0.2) is 0 Å². The summed E-state index contributed by atoms with van der Waals surface area (Å²) in [6.07, 6.45) is 4.27. The number of carbonyl (C=O) groups excluding carboxylic acids is 1. The summed E-state index contributed by atoms with van der Waals surface area (Å²) >= 11 is 3.32. The molecule has 3 rings (SSSR count). The van der Waals surface area contributed by atoms with Crippen LogP contribution in [0.15, 0.2) is 47.2 Å². The smallest absolute Gasteiger partial charge is 0.252 e. The number of amides is 1. The van der Waals surface area contributed by atoms with E-state index in [1.165, 1.54) is 11.1 Å². The van der Waals surface area contributed by atoms with Crippen molar-refractivity contribution in [1.82, 2.24) is 15.6 Å². The van der Waals surface area contributed by atoms with Gasteiger partial charge in [0, 0.05) is 29.5 Å². The van der Waals surface area contributed by atoms with Crippen LogP contribution in [0.25, 0.3) is 0 Å². The van der Waals surface area contributed by atoms with Gasteiger partial charge in [0.05, 0.1) is 5.56 Å². The number of halogens is 1. The molecule has 1 aliphatic rings. The maximum atomic E-state index is 12.2. The van der Waals surface area contributed by atoms with Gasteiger partial charge in [-0.15, -0.1) is 0 Å². The van der Waals surface area contributed by atoms with Crippen molar-refractivity contribution in [2.75, 3.05) is 13.1 Å². The Balaban J connectivity index is 1.67. The van der Waals surface area contributed by atoms with Crippen LogP contribution in [-0.4, -0.2) is 24.0 Å². The Morgan fingerprint density at radius 2 is 2.24 bits per heavy atom. The molecular weight excluding hydrogens is 330 g/mol. The molecular formula is C16H16BrN3O. The molecule has 2 N–H and O–H groups in total. The Morgan fingerprint density at radius 1 is 1.38 bits per heavy atom. The maximum absolute atomic E-state index is 12.2. The first-order valence-corrected chi connectivity index (χ1v) is 7.73. The minimum absolute atomic E-state index is 0.103. The Morgan fingerprint density at radius 3 is 3.10 bits per heavy atom. The highest BCUT2D eigenvalue weighted by atomic mass is 79.9. The van der Waals surface area contributed by atoms with E-state index in [1.807, 2.05) is 6.07 Å². The van der Waals surface area contributed by atoms with Gasteiger partial charge in [-0.1, -0.05) is 24.3 Å². The molecule has 0 saturated heterocycles. The summed E-state index contributed by atoms with van der Waals surface area (Å²) in [6.45, 7) is 1.51. The van der Waals surface area contributed by atoms with Crippen molar-refractivity contribution in [1.29, 1.82) is 0 Å². The lowest BCUT2D eigenvalue weighted by atomic mass is 9.94. The zero-order chi connectivity index (χ0) is 14.7. The van der Waals surface area contributed by atoms with E-state index < -0.39 is 0 Å². The topological polar surface area (TPSA) is 54.0 Å². The fraction of sp³-hybridized carbons (Fsp3) is 0.250. The van der Waals surface area contributed by atoms with Crippen molar-refractivity contribution < 1.29 is 4.79 Å². The molecule has 1 aliphatic heterocycles. The molecule has 1 unspecified atom stereocenters. The monoisotopic (exact) mass is 345 g/mol. The van der Waals surface area contributed by atoms with Gasteiger partial charge in [-0.3, -0.25) is 9.78 Å². The van der Waals surface area contributed by atoms with Gasteiger partial charge < -0.3 is 10.6 Å². The second-order valence-electron chi connectivity index (χ2n) is 5.06. The molecule has 0 aliphatic carbocycles. The van der Waals surface area contributed by atoms with Crippen LogP contribution in [0.4, 0.5) is 0 Å². The van der Waals surface area contributed by atoms with Crippen LogP contribution in [0.2, 0.25) is 0 Å². The molecule has 21 heavy (non-hydrogen) atoms. The quantitative estimate of drug-likeness (QED) is 0.898. The van der Waals surface area contributed by atoms with Crippen LogP contribution < -0.4 is 10.6 Å². The van der Waals surface area contributed by atoms with Gasteiger partial charge in [0.2, 0.25) is 0 Å². The van der Waals surface area contributed by atoms with Crippen molar-refractivity contribution in [2.24, 2.45) is 0 Å². The summed E-state index contributed by atoms with van der Waals surface area (Å²) in [5.41, 5.74) is 3.20. The molecule has 0 radical (unpaired) electrons. The molecule has 0 bridgehead atoms. The standard InChI is InChI=1S/C16H16BrN3O/c17-13-7-12(8-18-9-13)16(21)20-10-15-14-4-2-1-3-11(14)5-6-19-15/h1-4,7-9,15,19H,5-6,10H2,(H,20,21). The average Bonchev–Trinajstić information content (AvgIpc) is 2.52. The molecule has 0 fully saturated rings. The first kappa shape index (κ1) is 14.2. The van der Waals surface area contributed by atoms with E-state index in [-0.39, 0.29) is 11.9 Å². The number of pyridine rings is 1. The molecule has 2 heterocycles. The minimum Gasteiger partial charge on any atom is -0.350 e. The van der Waals surface area contributed by atoms with Crippen LogP contribution in [0.1, 0.15) is 27.5 Å². The zero-order valence-corrected chi connectivity index (χ0v) is 13.1. The molecule has 5 heteroatoms. The number of carbonyl (C=O) groups is 1. The summed E-state index contributed by atoms with van der Waals surface area (Å²) in [4.78, 5) is 16.2. The fourth-order valence-electron chi connectivity index (χ4n) is 2.61. The van der Waals surface area contributed by atoms with E-state index in [9.17, 15) is 4.79 Å². The summed E-state index contributed by atoms with van der Waals surface area (Å²) in [6, 6.07) is 10.3. The third kappa shape index (κ3) is 3.31. The first-order chi connectivity index (χ1) is 10.2. The summed E-state index contributed by atoms with van der Waals surface area (Å²) < 4.78 is 0.802. The van der Waals surface area contributed by atoms with Crippen LogP contribution >= 0.6 is 15.9 Å². The SMILES string of the molecule is O=C(NCC1NCCc2ccccc21)c1cncc(Br)c1. The predicted octanol–water partition coefficient (Wildman–Crippen LogP) is 2.46. The summed E-state index contributed by atoms with van der Waals surface area (Å²) in [7, 11) is 0. The van der Waals surface area contributed by atoms with Gasteiger partial charge in [0.25, 0.3) is 5.91 Å². The van der Waals surface area contributed by atoms with Crippen molar-refractivity contribution in [3.8, 4) is 0 Å². The second kappa shape index (κ2) is 6.37. The molecule has 1 aromatic carbocycles. The summed E-state index contributed by atoms with van der Waals surface area (Å²) in [5, 5.41) is 6.43. The number of aromatic nitrogens is 1. The van der Waals surface area contributed by atoms with E-state index in [0.717, 1.165) is 17.4 Å². The van der Waals surface area contributed by atoms with Gasteiger partial charge in [0.15, 0.2) is 0 Å². The Kier molecular flexibility index (Phi) is 4.31. The van der Waals surface area contributed by atoms with Crippen molar-refractivity contribution in [2.45, 2.75) is 12.5 Å². The Bertz CT molecular complexity index is 659. The summed E-state index contributed by atoms with van der Waals surface area (Å²) in [5.74, 6) is -0.103. The van der Waals surface area contributed by atoms with Crippen LogP contribution in [-0.2, 0) is 6.42 Å². The minimum atomic E-state index is -0.103. The van der Waals surface area contributed by atoms with Gasteiger partial charge in [-0.05, 0) is 46.1 Å². The molecule has 1 aromatic heterocycles. The Labute approximate surface area is 132 Å². The zero-order valence-electron chi connectivity index (χ0n) is 11.5. The highest BCUT2D eigenvalue weighted by Crippen LogP contribution is 2.22. The van der Waals surface area contributed by atoms with Crippen molar-refractivity contribution in [3.63, 3.8) is 0 Å². The van der Waals surface area contributed by atoms with E-state index in [1.54, 1.807) is 18.5 Å². The van der Waals surface area contributed by atoms with Gasteiger partial charge in [-0.2, -0.15) is 0 Å². The number of fused-ring (bicyclic) bond motifs is 1. The third-order valence-corrected chi connectivity index (χ3v) is 4.08. The fourth-order valence-corrected chi connectivity index (χ4v) is 2.97. The Hall–Kier alpha value is -1.72. The lowest BCUT2D eigenvalue weighted by Gasteiger charge is -2.27. The van der Waals surface area contributed by atoms with E-state index >= 15 is 0 Å². The molecule has 1 atom stereocenters. The van der Waals surface area contributed by atoms with Crippen LogP contribution in [0.3, 0.4) is 0 Å².